The Labute approximate surface area is 191 Å². The van der Waals surface area contributed by atoms with Gasteiger partial charge in [0.1, 0.15) is 0 Å². The third-order valence-electron chi connectivity index (χ3n) is 9.46. The quantitative estimate of drug-likeness (QED) is 0.398. The predicted molar refractivity (Wildman–Crippen MR) is 131 cm³/mol. The molecule has 0 aromatic heterocycles. The van der Waals surface area contributed by atoms with Crippen LogP contribution in [0.1, 0.15) is 99.3 Å². The lowest BCUT2D eigenvalue weighted by Gasteiger charge is -2.46. The van der Waals surface area contributed by atoms with Gasteiger partial charge in [-0.25, -0.2) is 0 Å². The summed E-state index contributed by atoms with van der Waals surface area (Å²) in [7, 11) is 0. The van der Waals surface area contributed by atoms with Crippen molar-refractivity contribution in [1.82, 2.24) is 0 Å². The van der Waals surface area contributed by atoms with Crippen LogP contribution < -0.4 is 0 Å². The number of hydrogen-bond acceptors (Lipinski definition) is 3. The summed E-state index contributed by atoms with van der Waals surface area (Å²) in [4.78, 5) is 0. The summed E-state index contributed by atoms with van der Waals surface area (Å²) in [6.07, 6.45) is 13.6. The molecule has 5 atom stereocenters. The Kier molecular flexibility index (Phi) is 8.81. The molecule has 0 saturated heterocycles. The van der Waals surface area contributed by atoms with Crippen LogP contribution in [0, 0.1) is 22.7 Å². The normalized spacial score (nSPS) is 34.0. The van der Waals surface area contributed by atoms with E-state index in [1.54, 1.807) is 0 Å². The first-order valence-corrected chi connectivity index (χ1v) is 12.5. The standard InChI is InChI=1S/C28H48O3/c1-8-28(31,9-2)16-11-12-20(3)27(7)17-15-23(26(27,5)6)14-10-13-22-18-24(29)19-25(30)21(22)4/h10,13-14,20,23-25,29-31H,4,8-9,11-12,15-19H2,1-3,5-7H3/b14-10+,22-13-/t20-,23+,24+,25-,27+/m0/s1. The van der Waals surface area contributed by atoms with Crippen molar-refractivity contribution >= 4 is 0 Å². The van der Waals surface area contributed by atoms with E-state index >= 15 is 0 Å². The minimum atomic E-state index is -0.631. The summed E-state index contributed by atoms with van der Waals surface area (Å²) in [5.41, 5.74) is 1.68. The lowest BCUT2D eigenvalue weighted by Crippen LogP contribution is -2.39. The van der Waals surface area contributed by atoms with Crippen molar-refractivity contribution in [3.05, 3.63) is 36.0 Å². The maximum absolute atomic E-state index is 10.6. The summed E-state index contributed by atoms with van der Waals surface area (Å²) < 4.78 is 0. The summed E-state index contributed by atoms with van der Waals surface area (Å²) in [5.74, 6) is 1.12. The average molecular weight is 433 g/mol. The molecule has 2 rings (SSSR count). The van der Waals surface area contributed by atoms with Crippen molar-refractivity contribution in [2.75, 3.05) is 0 Å². The van der Waals surface area contributed by atoms with Crippen LogP contribution >= 0.6 is 0 Å². The van der Waals surface area contributed by atoms with E-state index in [0.717, 1.165) is 36.8 Å². The minimum absolute atomic E-state index is 0.190. The van der Waals surface area contributed by atoms with Crippen LogP contribution in [0.25, 0.3) is 0 Å². The molecule has 2 aliphatic carbocycles. The first kappa shape index (κ1) is 26.4. The zero-order chi connectivity index (χ0) is 23.4. The zero-order valence-corrected chi connectivity index (χ0v) is 21.0. The topological polar surface area (TPSA) is 60.7 Å². The fraction of sp³-hybridized carbons (Fsp3) is 0.786. The Morgan fingerprint density at radius 3 is 2.45 bits per heavy atom. The van der Waals surface area contributed by atoms with Gasteiger partial charge in [-0.2, -0.15) is 0 Å². The fourth-order valence-electron chi connectivity index (χ4n) is 6.00. The third kappa shape index (κ3) is 5.72. The fourth-order valence-corrected chi connectivity index (χ4v) is 6.00. The van der Waals surface area contributed by atoms with Crippen molar-refractivity contribution in [3.63, 3.8) is 0 Å². The second-order valence-electron chi connectivity index (χ2n) is 11.2. The van der Waals surface area contributed by atoms with Crippen LogP contribution in [0.4, 0.5) is 0 Å². The highest BCUT2D eigenvalue weighted by molar-refractivity contribution is 5.37. The largest absolute Gasteiger partial charge is 0.393 e. The molecule has 0 aromatic carbocycles. The Morgan fingerprint density at radius 1 is 1.19 bits per heavy atom. The molecule has 0 unspecified atom stereocenters. The highest BCUT2D eigenvalue weighted by Gasteiger charge is 2.52. The van der Waals surface area contributed by atoms with Crippen LogP contribution in [-0.4, -0.2) is 33.1 Å². The third-order valence-corrected chi connectivity index (χ3v) is 9.46. The maximum atomic E-state index is 10.6. The van der Waals surface area contributed by atoms with Gasteiger partial charge < -0.3 is 15.3 Å². The molecule has 3 heteroatoms. The number of aliphatic hydroxyl groups excluding tert-OH is 2. The van der Waals surface area contributed by atoms with E-state index in [4.69, 9.17) is 0 Å². The molecule has 3 N–H and O–H groups in total. The van der Waals surface area contributed by atoms with Gasteiger partial charge in [-0.15, -0.1) is 0 Å². The zero-order valence-electron chi connectivity index (χ0n) is 21.0. The van der Waals surface area contributed by atoms with Crippen molar-refractivity contribution in [2.45, 2.75) is 117 Å². The number of aliphatic hydroxyl groups is 3. The van der Waals surface area contributed by atoms with Gasteiger partial charge >= 0.3 is 0 Å². The molecule has 31 heavy (non-hydrogen) atoms. The molecular formula is C28H48O3. The second kappa shape index (κ2) is 10.4. The SMILES string of the molecule is C=C1/C(=C\C=C\[C@@H]2CC[C@](C)([C@@H](C)CCCC(O)(CC)CC)C2(C)C)C[C@@H](O)C[C@@H]1O. The molecule has 0 spiro atoms. The molecule has 0 radical (unpaired) electrons. The molecule has 2 saturated carbocycles. The van der Waals surface area contributed by atoms with Gasteiger partial charge in [0.2, 0.25) is 0 Å². The van der Waals surface area contributed by atoms with Crippen LogP contribution in [-0.2, 0) is 0 Å². The van der Waals surface area contributed by atoms with Gasteiger partial charge in [0.25, 0.3) is 0 Å². The molecule has 0 heterocycles. The lowest BCUT2D eigenvalue weighted by molar-refractivity contribution is 0.00992. The Hall–Kier alpha value is -0.900. The molecule has 178 valence electrons. The first-order valence-electron chi connectivity index (χ1n) is 12.5. The van der Waals surface area contributed by atoms with Crippen LogP contribution in [0.2, 0.25) is 0 Å². The van der Waals surface area contributed by atoms with Gasteiger partial charge in [0.15, 0.2) is 0 Å². The summed E-state index contributed by atoms with van der Waals surface area (Å²) in [6, 6.07) is 0. The van der Waals surface area contributed by atoms with Gasteiger partial charge in [-0.05, 0) is 72.3 Å². The summed E-state index contributed by atoms with van der Waals surface area (Å²) >= 11 is 0. The average Bonchev–Trinajstić information content (AvgIpc) is 2.95. The van der Waals surface area contributed by atoms with Gasteiger partial charge in [0, 0.05) is 6.42 Å². The second-order valence-corrected chi connectivity index (χ2v) is 11.2. The molecule has 0 aliphatic heterocycles. The van der Waals surface area contributed by atoms with E-state index in [1.807, 2.05) is 6.08 Å². The Morgan fingerprint density at radius 2 is 1.84 bits per heavy atom. The van der Waals surface area contributed by atoms with E-state index in [1.165, 1.54) is 19.3 Å². The Balaban J connectivity index is 2.02. The van der Waals surface area contributed by atoms with Gasteiger partial charge in [0.05, 0.1) is 17.8 Å². The van der Waals surface area contributed by atoms with Crippen molar-refractivity contribution in [1.29, 1.82) is 0 Å². The highest BCUT2D eigenvalue weighted by atomic mass is 16.3. The number of allylic oxidation sites excluding steroid dienone is 3. The lowest BCUT2D eigenvalue weighted by atomic mass is 9.59. The molecule has 2 aliphatic rings. The van der Waals surface area contributed by atoms with Crippen LogP contribution in [0.5, 0.6) is 0 Å². The van der Waals surface area contributed by atoms with Crippen LogP contribution in [0.3, 0.4) is 0 Å². The highest BCUT2D eigenvalue weighted by Crippen LogP contribution is 2.60. The van der Waals surface area contributed by atoms with E-state index in [-0.39, 0.29) is 10.8 Å². The van der Waals surface area contributed by atoms with Gasteiger partial charge in [-0.1, -0.05) is 79.2 Å². The van der Waals surface area contributed by atoms with Gasteiger partial charge in [-0.3, -0.25) is 0 Å². The number of rotatable bonds is 9. The monoisotopic (exact) mass is 432 g/mol. The summed E-state index contributed by atoms with van der Waals surface area (Å²) in [6.45, 7) is 17.9. The summed E-state index contributed by atoms with van der Waals surface area (Å²) in [5, 5.41) is 30.6. The predicted octanol–water partition coefficient (Wildman–Crippen LogP) is 6.34. The first-order chi connectivity index (χ1) is 14.4. The molecule has 0 aromatic rings. The minimum Gasteiger partial charge on any atom is -0.393 e. The maximum Gasteiger partial charge on any atom is 0.0811 e. The molecule has 3 nitrogen and oxygen atoms in total. The van der Waals surface area contributed by atoms with Crippen molar-refractivity contribution < 1.29 is 15.3 Å². The number of hydrogen-bond donors (Lipinski definition) is 3. The Bertz CT molecular complexity index is 670. The smallest absolute Gasteiger partial charge is 0.0811 e. The molecule has 2 fully saturated rings. The van der Waals surface area contributed by atoms with E-state index in [9.17, 15) is 15.3 Å². The molecule has 0 bridgehead atoms. The van der Waals surface area contributed by atoms with Crippen molar-refractivity contribution in [3.8, 4) is 0 Å². The molecule has 0 amide bonds. The van der Waals surface area contributed by atoms with Crippen LogP contribution in [0.15, 0.2) is 36.0 Å². The van der Waals surface area contributed by atoms with E-state index < -0.39 is 17.8 Å². The molecular weight excluding hydrogens is 384 g/mol. The van der Waals surface area contributed by atoms with Crippen molar-refractivity contribution in [2.24, 2.45) is 22.7 Å². The van der Waals surface area contributed by atoms with E-state index in [0.29, 0.717) is 24.7 Å². The van der Waals surface area contributed by atoms with E-state index in [2.05, 4.69) is 60.3 Å².